The first kappa shape index (κ1) is 18.5. The van der Waals surface area contributed by atoms with Gasteiger partial charge in [0.15, 0.2) is 5.75 Å². The molecule has 0 unspecified atom stereocenters. The van der Waals surface area contributed by atoms with Gasteiger partial charge < -0.3 is 9.30 Å². The summed E-state index contributed by atoms with van der Waals surface area (Å²) in [6, 6.07) is 21.5. The molecule has 138 valence electrons. The van der Waals surface area contributed by atoms with E-state index in [2.05, 4.69) is 5.10 Å². The smallest absolute Gasteiger partial charge is 0.292 e. The molecule has 0 aliphatic carbocycles. The molecule has 0 amide bonds. The zero-order valence-corrected chi connectivity index (χ0v) is 15.8. The van der Waals surface area contributed by atoms with Crippen LogP contribution in [0.15, 0.2) is 82.8 Å². The summed E-state index contributed by atoms with van der Waals surface area (Å²) in [4.78, 5) is 12.4. The van der Waals surface area contributed by atoms with Crippen molar-refractivity contribution in [1.29, 1.82) is 0 Å². The molecule has 5 nitrogen and oxygen atoms in total. The Labute approximate surface area is 159 Å². The van der Waals surface area contributed by atoms with E-state index in [1.165, 1.54) is 4.57 Å². The molecule has 0 saturated heterocycles. The number of aryl methyl sites for hydroxylation is 1. The van der Waals surface area contributed by atoms with Crippen molar-refractivity contribution in [2.75, 3.05) is 12.1 Å². The molecule has 0 fully saturated rings. The molecule has 0 atom stereocenters. The van der Waals surface area contributed by atoms with Crippen molar-refractivity contribution in [2.45, 2.75) is 13.5 Å². The van der Waals surface area contributed by atoms with Gasteiger partial charge in [0, 0.05) is 26.4 Å². The summed E-state index contributed by atoms with van der Waals surface area (Å²) in [6.45, 7) is 2.30. The zero-order valence-electron chi connectivity index (χ0n) is 15.8. The van der Waals surface area contributed by atoms with Crippen LogP contribution in [0.4, 0.5) is 5.69 Å². The number of hydrogen-bond acceptors (Lipinski definition) is 4. The van der Waals surface area contributed by atoms with Gasteiger partial charge in [-0.3, -0.25) is 9.80 Å². The average molecular weight is 361 g/mol. The second kappa shape index (κ2) is 8.36. The third-order valence-electron chi connectivity index (χ3n) is 4.24. The van der Waals surface area contributed by atoms with Crippen molar-refractivity contribution in [3.8, 4) is 5.75 Å². The summed E-state index contributed by atoms with van der Waals surface area (Å²) in [5.41, 5.74) is 3.55. The van der Waals surface area contributed by atoms with Crippen molar-refractivity contribution in [1.82, 2.24) is 4.57 Å². The van der Waals surface area contributed by atoms with Crippen molar-refractivity contribution in [2.24, 2.45) is 12.1 Å². The normalized spacial score (nSPS) is 11.3. The molecule has 3 rings (SSSR count). The van der Waals surface area contributed by atoms with Gasteiger partial charge >= 0.3 is 0 Å². The van der Waals surface area contributed by atoms with Crippen LogP contribution < -0.4 is 15.3 Å². The monoisotopic (exact) mass is 361 g/mol. The molecule has 1 aromatic heterocycles. The van der Waals surface area contributed by atoms with Gasteiger partial charge in [0.1, 0.15) is 6.61 Å². The molecule has 1 heterocycles. The SMILES string of the molecule is CC(=NN(C)c1cc(OCc2ccccc2)c(=O)n(C)c1)c1ccccc1. The lowest BCUT2D eigenvalue weighted by Gasteiger charge is -2.17. The highest BCUT2D eigenvalue weighted by Gasteiger charge is 2.10. The van der Waals surface area contributed by atoms with E-state index in [1.807, 2.05) is 74.6 Å². The Kier molecular flexibility index (Phi) is 5.71. The molecular formula is C22H23N3O2. The summed E-state index contributed by atoms with van der Waals surface area (Å²) in [5.74, 6) is 0.304. The molecule has 2 aromatic carbocycles. The van der Waals surface area contributed by atoms with Crippen LogP contribution in [0.3, 0.4) is 0 Å². The second-order valence-electron chi connectivity index (χ2n) is 6.33. The fourth-order valence-electron chi connectivity index (χ4n) is 2.70. The molecule has 27 heavy (non-hydrogen) atoms. The van der Waals surface area contributed by atoms with E-state index in [-0.39, 0.29) is 5.56 Å². The third kappa shape index (κ3) is 4.64. The highest BCUT2D eigenvalue weighted by molar-refractivity contribution is 5.99. The van der Waals surface area contributed by atoms with Gasteiger partial charge in [-0.2, -0.15) is 5.10 Å². The van der Waals surface area contributed by atoms with Gasteiger partial charge in [-0.05, 0) is 18.1 Å². The number of hydrazone groups is 1. The third-order valence-corrected chi connectivity index (χ3v) is 4.24. The van der Waals surface area contributed by atoms with E-state index in [4.69, 9.17) is 4.74 Å². The van der Waals surface area contributed by atoms with Gasteiger partial charge in [0.05, 0.1) is 11.4 Å². The predicted octanol–water partition coefficient (Wildman–Crippen LogP) is 3.82. The lowest BCUT2D eigenvalue weighted by molar-refractivity contribution is 0.300. The number of rotatable bonds is 6. The van der Waals surface area contributed by atoms with E-state index in [0.29, 0.717) is 12.4 Å². The van der Waals surface area contributed by atoms with Crippen LogP contribution in [0.25, 0.3) is 0 Å². The van der Waals surface area contributed by atoms with Gasteiger partial charge in [0.25, 0.3) is 5.56 Å². The first-order valence-corrected chi connectivity index (χ1v) is 8.76. The van der Waals surface area contributed by atoms with E-state index in [1.54, 1.807) is 24.3 Å². The van der Waals surface area contributed by atoms with Gasteiger partial charge in [-0.15, -0.1) is 0 Å². The largest absolute Gasteiger partial charge is 0.483 e. The molecule has 3 aromatic rings. The number of pyridine rings is 1. The first-order valence-electron chi connectivity index (χ1n) is 8.76. The number of hydrogen-bond donors (Lipinski definition) is 0. The molecule has 0 aliphatic heterocycles. The van der Waals surface area contributed by atoms with Gasteiger partial charge in [-0.1, -0.05) is 60.7 Å². The standard InChI is InChI=1S/C22H23N3O2/c1-17(19-12-8-5-9-13-19)23-25(3)20-14-21(22(26)24(2)15-20)27-16-18-10-6-4-7-11-18/h4-15H,16H2,1-3H3. The van der Waals surface area contributed by atoms with Crippen LogP contribution >= 0.6 is 0 Å². The van der Waals surface area contributed by atoms with E-state index >= 15 is 0 Å². The molecule has 0 bridgehead atoms. The summed E-state index contributed by atoms with van der Waals surface area (Å²) in [6.07, 6.45) is 1.75. The van der Waals surface area contributed by atoms with Crippen molar-refractivity contribution in [3.05, 3.63) is 94.4 Å². The Morgan fingerprint density at radius 1 is 1.07 bits per heavy atom. The van der Waals surface area contributed by atoms with Crippen molar-refractivity contribution < 1.29 is 4.74 Å². The maximum atomic E-state index is 12.4. The van der Waals surface area contributed by atoms with Crippen LogP contribution in [0.5, 0.6) is 5.75 Å². The minimum Gasteiger partial charge on any atom is -0.483 e. The lowest BCUT2D eigenvalue weighted by atomic mass is 10.1. The Morgan fingerprint density at radius 3 is 2.37 bits per heavy atom. The molecule has 0 saturated carbocycles. The lowest BCUT2D eigenvalue weighted by Crippen LogP contribution is -2.22. The molecule has 5 heteroatoms. The maximum absolute atomic E-state index is 12.4. The van der Waals surface area contributed by atoms with E-state index in [0.717, 1.165) is 22.5 Å². The highest BCUT2D eigenvalue weighted by Crippen LogP contribution is 2.18. The fraction of sp³-hybridized carbons (Fsp3) is 0.182. The van der Waals surface area contributed by atoms with E-state index in [9.17, 15) is 4.79 Å². The van der Waals surface area contributed by atoms with Crippen LogP contribution in [-0.2, 0) is 13.7 Å². The molecule has 0 spiro atoms. The summed E-state index contributed by atoms with van der Waals surface area (Å²) >= 11 is 0. The molecule has 0 radical (unpaired) electrons. The highest BCUT2D eigenvalue weighted by atomic mass is 16.5. The van der Waals surface area contributed by atoms with Crippen LogP contribution in [0.1, 0.15) is 18.1 Å². The minimum atomic E-state index is -0.174. The van der Waals surface area contributed by atoms with Crippen LogP contribution in [0, 0.1) is 0 Å². The molecular weight excluding hydrogens is 338 g/mol. The topological polar surface area (TPSA) is 46.8 Å². The number of benzene rings is 2. The maximum Gasteiger partial charge on any atom is 0.292 e. The summed E-state index contributed by atoms with van der Waals surface area (Å²) in [5, 5.41) is 6.37. The quantitative estimate of drug-likeness (QED) is 0.495. The van der Waals surface area contributed by atoms with Crippen molar-refractivity contribution in [3.63, 3.8) is 0 Å². The number of anilines is 1. The second-order valence-corrected chi connectivity index (χ2v) is 6.33. The number of ether oxygens (including phenoxy) is 1. The Morgan fingerprint density at radius 2 is 1.70 bits per heavy atom. The van der Waals surface area contributed by atoms with Crippen LogP contribution in [-0.4, -0.2) is 17.3 Å². The molecule has 0 N–H and O–H groups in total. The van der Waals surface area contributed by atoms with Crippen LogP contribution in [0.2, 0.25) is 0 Å². The summed E-state index contributed by atoms with van der Waals surface area (Å²) < 4.78 is 7.29. The molecule has 0 aliphatic rings. The van der Waals surface area contributed by atoms with E-state index < -0.39 is 0 Å². The minimum absolute atomic E-state index is 0.174. The first-order chi connectivity index (χ1) is 13.0. The Bertz CT molecular complexity index is 979. The van der Waals surface area contributed by atoms with Gasteiger partial charge in [0.2, 0.25) is 0 Å². The number of nitrogens with zero attached hydrogens (tertiary/aromatic N) is 3. The predicted molar refractivity (Wildman–Crippen MR) is 110 cm³/mol. The Balaban J connectivity index is 1.83. The fourth-order valence-corrected chi connectivity index (χ4v) is 2.70. The Hall–Kier alpha value is -3.34. The summed E-state index contributed by atoms with van der Waals surface area (Å²) in [7, 11) is 3.57. The van der Waals surface area contributed by atoms with Gasteiger partial charge in [-0.25, -0.2) is 0 Å². The van der Waals surface area contributed by atoms with Crippen molar-refractivity contribution >= 4 is 11.4 Å². The number of aromatic nitrogens is 1. The average Bonchev–Trinajstić information content (AvgIpc) is 2.70. The zero-order chi connectivity index (χ0) is 19.2.